The Balaban J connectivity index is 2.24. The van der Waals surface area contributed by atoms with Gasteiger partial charge in [-0.2, -0.15) is 0 Å². The van der Waals surface area contributed by atoms with Crippen LogP contribution in [0.2, 0.25) is 0 Å². The highest BCUT2D eigenvalue weighted by Gasteiger charge is 2.26. The molecule has 1 aliphatic heterocycles. The molecule has 1 fully saturated rings. The third-order valence-electron chi connectivity index (χ3n) is 3.30. The van der Waals surface area contributed by atoms with Gasteiger partial charge in [0.05, 0.1) is 17.6 Å². The predicted octanol–water partition coefficient (Wildman–Crippen LogP) is 1.16. The van der Waals surface area contributed by atoms with Crippen LogP contribution in [0.15, 0.2) is 23.1 Å². The number of benzene rings is 1. The van der Waals surface area contributed by atoms with Crippen LogP contribution in [0, 0.1) is 5.82 Å². The first-order chi connectivity index (χ1) is 9.42. The van der Waals surface area contributed by atoms with Crippen molar-refractivity contribution in [3.8, 4) is 0 Å². The molecule has 2 unspecified atom stereocenters. The molecule has 1 aromatic rings. The van der Waals surface area contributed by atoms with Crippen molar-refractivity contribution in [3.05, 3.63) is 29.6 Å². The lowest BCUT2D eigenvalue weighted by Gasteiger charge is -2.28. The molecule has 2 atom stereocenters. The predicted molar refractivity (Wildman–Crippen MR) is 71.1 cm³/mol. The highest BCUT2D eigenvalue weighted by atomic mass is 32.2. The molecule has 0 aliphatic carbocycles. The van der Waals surface area contributed by atoms with Crippen molar-refractivity contribution in [2.45, 2.75) is 43.4 Å². The first-order valence-corrected chi connectivity index (χ1v) is 7.94. The molecule has 5 nitrogen and oxygen atoms in total. The molecule has 0 spiro atoms. The fourth-order valence-electron chi connectivity index (χ4n) is 2.30. The lowest BCUT2D eigenvalue weighted by molar-refractivity contribution is 0.0173. The molecular formula is C13H18FNO4S. The van der Waals surface area contributed by atoms with Crippen molar-refractivity contribution in [3.63, 3.8) is 0 Å². The minimum absolute atomic E-state index is 0.0127. The molecule has 0 bridgehead atoms. The molecule has 2 N–H and O–H groups in total. The first kappa shape index (κ1) is 15.4. The summed E-state index contributed by atoms with van der Waals surface area (Å²) in [6.45, 7) is 1.91. The van der Waals surface area contributed by atoms with Crippen molar-refractivity contribution < 1.29 is 22.7 Å². The summed E-state index contributed by atoms with van der Waals surface area (Å²) in [6.07, 6.45) is 1.14. The minimum Gasteiger partial charge on any atom is -0.392 e. The smallest absolute Gasteiger partial charge is 0.241 e. The van der Waals surface area contributed by atoms with Gasteiger partial charge in [-0.15, -0.1) is 0 Å². The number of sulfonamides is 1. The summed E-state index contributed by atoms with van der Waals surface area (Å²) < 4.78 is 45.8. The van der Waals surface area contributed by atoms with Crippen LogP contribution in [0.3, 0.4) is 0 Å². The van der Waals surface area contributed by atoms with Crippen molar-refractivity contribution in [1.82, 2.24) is 4.72 Å². The second-order valence-electron chi connectivity index (χ2n) is 4.93. The fourth-order valence-corrected chi connectivity index (χ4v) is 3.82. The zero-order valence-electron chi connectivity index (χ0n) is 11.2. The topological polar surface area (TPSA) is 75.6 Å². The summed E-state index contributed by atoms with van der Waals surface area (Å²) in [6, 6.07) is 3.09. The van der Waals surface area contributed by atoms with E-state index in [1.54, 1.807) is 0 Å². The SMILES string of the molecule is CC1CC(NS(=O)(=O)c2cc(F)ccc2CO)CCO1. The van der Waals surface area contributed by atoms with E-state index in [1.807, 2.05) is 6.92 Å². The van der Waals surface area contributed by atoms with Gasteiger partial charge in [0.25, 0.3) is 0 Å². The van der Waals surface area contributed by atoms with Gasteiger partial charge in [0.2, 0.25) is 10.0 Å². The normalized spacial score (nSPS) is 23.8. The molecule has 2 rings (SSSR count). The van der Waals surface area contributed by atoms with E-state index >= 15 is 0 Å². The third-order valence-corrected chi connectivity index (χ3v) is 4.90. The van der Waals surface area contributed by atoms with Gasteiger partial charge in [0, 0.05) is 12.6 Å². The van der Waals surface area contributed by atoms with Crippen LogP contribution < -0.4 is 4.72 Å². The summed E-state index contributed by atoms with van der Waals surface area (Å²) in [5, 5.41) is 9.19. The molecule has 0 radical (unpaired) electrons. The van der Waals surface area contributed by atoms with Gasteiger partial charge in [-0.05, 0) is 37.5 Å². The van der Waals surface area contributed by atoms with E-state index in [0.29, 0.717) is 19.4 Å². The van der Waals surface area contributed by atoms with Crippen molar-refractivity contribution in [2.75, 3.05) is 6.61 Å². The van der Waals surface area contributed by atoms with Gasteiger partial charge >= 0.3 is 0 Å². The number of hydrogen-bond donors (Lipinski definition) is 2. The maximum atomic E-state index is 13.3. The number of halogens is 1. The monoisotopic (exact) mass is 303 g/mol. The number of ether oxygens (including phenoxy) is 1. The Morgan fingerprint density at radius 1 is 1.50 bits per heavy atom. The Bertz CT molecular complexity index is 576. The molecule has 112 valence electrons. The van der Waals surface area contributed by atoms with Crippen molar-refractivity contribution in [2.24, 2.45) is 0 Å². The summed E-state index contributed by atoms with van der Waals surface area (Å²) in [4.78, 5) is -0.209. The van der Waals surface area contributed by atoms with Gasteiger partial charge in [-0.25, -0.2) is 17.5 Å². The van der Waals surface area contributed by atoms with Gasteiger partial charge in [-0.1, -0.05) is 6.07 Å². The molecule has 1 saturated heterocycles. The number of nitrogens with one attached hydrogen (secondary N) is 1. The first-order valence-electron chi connectivity index (χ1n) is 6.45. The van der Waals surface area contributed by atoms with Crippen LogP contribution in [0.25, 0.3) is 0 Å². The second kappa shape index (κ2) is 6.17. The lowest BCUT2D eigenvalue weighted by atomic mass is 10.1. The highest BCUT2D eigenvalue weighted by molar-refractivity contribution is 7.89. The van der Waals surface area contributed by atoms with Crippen LogP contribution in [0.1, 0.15) is 25.3 Å². The molecule has 1 aromatic carbocycles. The number of rotatable bonds is 4. The number of hydrogen-bond acceptors (Lipinski definition) is 4. The van der Waals surface area contributed by atoms with Gasteiger partial charge in [0.1, 0.15) is 5.82 Å². The molecule has 1 aliphatic rings. The van der Waals surface area contributed by atoms with Gasteiger partial charge < -0.3 is 9.84 Å². The van der Waals surface area contributed by atoms with Crippen LogP contribution in [-0.4, -0.2) is 32.3 Å². The molecule has 0 saturated carbocycles. The molecular weight excluding hydrogens is 285 g/mol. The van der Waals surface area contributed by atoms with E-state index in [2.05, 4.69) is 4.72 Å². The standard InChI is InChI=1S/C13H18FNO4S/c1-9-6-12(4-5-19-9)15-20(17,18)13-7-11(14)3-2-10(13)8-16/h2-3,7,9,12,15-16H,4-6,8H2,1H3. The largest absolute Gasteiger partial charge is 0.392 e. The summed E-state index contributed by atoms with van der Waals surface area (Å²) in [5.74, 6) is -0.650. The van der Waals surface area contributed by atoms with Crippen LogP contribution >= 0.6 is 0 Å². The Hall–Kier alpha value is -1.02. The fraction of sp³-hybridized carbons (Fsp3) is 0.538. The summed E-state index contributed by atoms with van der Waals surface area (Å²) in [5.41, 5.74) is 0.180. The quantitative estimate of drug-likeness (QED) is 0.875. The van der Waals surface area contributed by atoms with Gasteiger partial charge in [0.15, 0.2) is 0 Å². The highest BCUT2D eigenvalue weighted by Crippen LogP contribution is 2.20. The third kappa shape index (κ3) is 3.54. The minimum atomic E-state index is -3.85. The second-order valence-corrected chi connectivity index (χ2v) is 6.62. The average molecular weight is 303 g/mol. The molecule has 0 aromatic heterocycles. The van der Waals surface area contributed by atoms with E-state index in [4.69, 9.17) is 4.74 Å². The van der Waals surface area contributed by atoms with Crippen LogP contribution in [0.5, 0.6) is 0 Å². The lowest BCUT2D eigenvalue weighted by Crippen LogP contribution is -2.41. The Kier molecular flexibility index (Phi) is 4.74. The zero-order valence-corrected chi connectivity index (χ0v) is 12.0. The maximum absolute atomic E-state index is 13.3. The maximum Gasteiger partial charge on any atom is 0.241 e. The van der Waals surface area contributed by atoms with Gasteiger partial charge in [-0.3, -0.25) is 0 Å². The van der Waals surface area contributed by atoms with Crippen LogP contribution in [0.4, 0.5) is 4.39 Å². The molecule has 1 heterocycles. The molecule has 0 amide bonds. The molecule has 7 heteroatoms. The van der Waals surface area contributed by atoms with Crippen LogP contribution in [-0.2, 0) is 21.4 Å². The number of aliphatic hydroxyl groups excluding tert-OH is 1. The zero-order chi connectivity index (χ0) is 14.8. The Morgan fingerprint density at radius 2 is 2.25 bits per heavy atom. The van der Waals surface area contributed by atoms with E-state index < -0.39 is 22.4 Å². The Labute approximate surface area is 117 Å². The molecule has 20 heavy (non-hydrogen) atoms. The Morgan fingerprint density at radius 3 is 2.90 bits per heavy atom. The van der Waals surface area contributed by atoms with E-state index in [1.165, 1.54) is 6.07 Å². The van der Waals surface area contributed by atoms with E-state index in [0.717, 1.165) is 12.1 Å². The average Bonchev–Trinajstić information content (AvgIpc) is 2.38. The summed E-state index contributed by atoms with van der Waals surface area (Å²) >= 11 is 0. The summed E-state index contributed by atoms with van der Waals surface area (Å²) in [7, 11) is -3.85. The van der Waals surface area contributed by atoms with Crippen molar-refractivity contribution >= 4 is 10.0 Å². The van der Waals surface area contributed by atoms with Crippen molar-refractivity contribution in [1.29, 1.82) is 0 Å². The van der Waals surface area contributed by atoms with E-state index in [9.17, 15) is 17.9 Å². The van der Waals surface area contributed by atoms with E-state index in [-0.39, 0.29) is 22.6 Å². The number of aliphatic hydroxyl groups is 1.